The van der Waals surface area contributed by atoms with Crippen molar-refractivity contribution in [2.24, 2.45) is 17.8 Å². The molecule has 1 N–H and O–H groups in total. The summed E-state index contributed by atoms with van der Waals surface area (Å²) in [6.07, 6.45) is 3.78. The van der Waals surface area contributed by atoms with Crippen LogP contribution in [-0.2, 0) is 9.53 Å². The first-order valence-corrected chi connectivity index (χ1v) is 5.87. The molecule has 0 amide bonds. The van der Waals surface area contributed by atoms with Crippen molar-refractivity contribution in [3.63, 3.8) is 0 Å². The van der Waals surface area contributed by atoms with Crippen molar-refractivity contribution in [2.45, 2.75) is 39.2 Å². The fraction of sp³-hybridized carbons (Fsp3) is 0.917. The fourth-order valence-electron chi connectivity index (χ4n) is 2.48. The van der Waals surface area contributed by atoms with E-state index in [-0.39, 0.29) is 17.9 Å². The monoisotopic (exact) mass is 213 g/mol. The summed E-state index contributed by atoms with van der Waals surface area (Å²) in [7, 11) is 3.42. The average Bonchev–Trinajstić information content (AvgIpc) is 2.12. The van der Waals surface area contributed by atoms with E-state index < -0.39 is 0 Å². The highest BCUT2D eigenvalue weighted by atomic mass is 16.5. The van der Waals surface area contributed by atoms with Gasteiger partial charge in [0.25, 0.3) is 0 Å². The predicted octanol–water partition coefficient (Wildman–Crippen LogP) is 1.82. The Hall–Kier alpha value is -0.570. The Bertz CT molecular complexity index is 212. The Morgan fingerprint density at radius 3 is 2.27 bits per heavy atom. The molecule has 1 aliphatic carbocycles. The summed E-state index contributed by atoms with van der Waals surface area (Å²) in [6, 6.07) is 0.284. The molecule has 1 aliphatic rings. The minimum absolute atomic E-state index is 0.00898. The molecule has 3 nitrogen and oxygen atoms in total. The van der Waals surface area contributed by atoms with Crippen molar-refractivity contribution in [3.8, 4) is 0 Å². The average molecular weight is 213 g/mol. The van der Waals surface area contributed by atoms with Gasteiger partial charge in [0.05, 0.1) is 13.0 Å². The van der Waals surface area contributed by atoms with E-state index in [4.69, 9.17) is 4.74 Å². The van der Waals surface area contributed by atoms with Crippen molar-refractivity contribution in [1.29, 1.82) is 0 Å². The van der Waals surface area contributed by atoms with Crippen molar-refractivity contribution in [1.82, 2.24) is 5.32 Å². The molecule has 1 saturated carbocycles. The molecule has 0 saturated heterocycles. The van der Waals surface area contributed by atoms with Crippen LogP contribution in [0.25, 0.3) is 0 Å². The summed E-state index contributed by atoms with van der Waals surface area (Å²) in [5, 5.41) is 3.30. The van der Waals surface area contributed by atoms with Crippen LogP contribution in [0.5, 0.6) is 0 Å². The third-order valence-corrected chi connectivity index (χ3v) is 3.57. The molecule has 88 valence electrons. The number of rotatable bonds is 5. The zero-order valence-electron chi connectivity index (χ0n) is 10.2. The van der Waals surface area contributed by atoms with Gasteiger partial charge in [-0.3, -0.25) is 4.79 Å². The van der Waals surface area contributed by atoms with E-state index in [9.17, 15) is 4.79 Å². The molecule has 1 fully saturated rings. The second kappa shape index (κ2) is 5.50. The highest BCUT2D eigenvalue weighted by molar-refractivity contribution is 5.73. The van der Waals surface area contributed by atoms with Gasteiger partial charge in [0.15, 0.2) is 0 Å². The van der Waals surface area contributed by atoms with Gasteiger partial charge < -0.3 is 10.1 Å². The van der Waals surface area contributed by atoms with Crippen LogP contribution < -0.4 is 5.32 Å². The Kier molecular flexibility index (Phi) is 4.58. The summed E-state index contributed by atoms with van der Waals surface area (Å²) in [5.41, 5.74) is 0. The summed E-state index contributed by atoms with van der Waals surface area (Å²) in [5.74, 6) is 0.901. The zero-order valence-corrected chi connectivity index (χ0v) is 10.2. The van der Waals surface area contributed by atoms with Gasteiger partial charge in [-0.25, -0.2) is 0 Å². The molecule has 0 bridgehead atoms. The SMILES string of the molecule is CNC(C1CCC1)C(C(=O)OC)C(C)C. The Morgan fingerprint density at radius 2 is 2.00 bits per heavy atom. The lowest BCUT2D eigenvalue weighted by molar-refractivity contribution is -0.149. The smallest absolute Gasteiger partial charge is 0.310 e. The lowest BCUT2D eigenvalue weighted by Crippen LogP contribution is -2.48. The molecule has 15 heavy (non-hydrogen) atoms. The van der Waals surface area contributed by atoms with Gasteiger partial charge in [0.1, 0.15) is 0 Å². The van der Waals surface area contributed by atoms with Gasteiger partial charge in [-0.15, -0.1) is 0 Å². The number of hydrogen-bond acceptors (Lipinski definition) is 3. The highest BCUT2D eigenvalue weighted by Gasteiger charge is 2.38. The third-order valence-electron chi connectivity index (χ3n) is 3.57. The Labute approximate surface area is 92.6 Å². The van der Waals surface area contributed by atoms with Crippen LogP contribution in [0.4, 0.5) is 0 Å². The van der Waals surface area contributed by atoms with E-state index in [1.165, 1.54) is 26.4 Å². The topological polar surface area (TPSA) is 38.3 Å². The molecule has 0 heterocycles. The molecular formula is C12H23NO2. The standard InChI is InChI=1S/C12H23NO2/c1-8(2)10(12(14)15-4)11(13-3)9-6-5-7-9/h8-11,13H,5-7H2,1-4H3. The summed E-state index contributed by atoms with van der Waals surface area (Å²) in [4.78, 5) is 11.7. The van der Waals surface area contributed by atoms with Gasteiger partial charge in [-0.2, -0.15) is 0 Å². The van der Waals surface area contributed by atoms with E-state index in [1.807, 2.05) is 7.05 Å². The fourth-order valence-corrected chi connectivity index (χ4v) is 2.48. The van der Waals surface area contributed by atoms with Crippen LogP contribution in [-0.4, -0.2) is 26.2 Å². The molecule has 0 aliphatic heterocycles. The molecule has 2 unspecified atom stereocenters. The minimum Gasteiger partial charge on any atom is -0.469 e. The van der Waals surface area contributed by atoms with Gasteiger partial charge in [-0.1, -0.05) is 20.3 Å². The third kappa shape index (κ3) is 2.71. The van der Waals surface area contributed by atoms with Crippen molar-refractivity contribution >= 4 is 5.97 Å². The quantitative estimate of drug-likeness (QED) is 0.708. The predicted molar refractivity (Wildman–Crippen MR) is 60.5 cm³/mol. The highest BCUT2D eigenvalue weighted by Crippen LogP contribution is 2.35. The van der Waals surface area contributed by atoms with Crippen LogP contribution >= 0.6 is 0 Å². The van der Waals surface area contributed by atoms with E-state index >= 15 is 0 Å². The molecule has 1 rings (SSSR count). The zero-order chi connectivity index (χ0) is 11.4. The summed E-state index contributed by atoms with van der Waals surface area (Å²) in [6.45, 7) is 4.18. The Balaban J connectivity index is 2.70. The van der Waals surface area contributed by atoms with Crippen LogP contribution in [0.15, 0.2) is 0 Å². The second-order valence-corrected chi connectivity index (χ2v) is 4.80. The van der Waals surface area contributed by atoms with Crippen LogP contribution in [0.1, 0.15) is 33.1 Å². The van der Waals surface area contributed by atoms with Gasteiger partial charge in [0, 0.05) is 6.04 Å². The Morgan fingerprint density at radius 1 is 1.40 bits per heavy atom. The van der Waals surface area contributed by atoms with Gasteiger partial charge in [-0.05, 0) is 31.7 Å². The normalized spacial score (nSPS) is 20.9. The largest absolute Gasteiger partial charge is 0.469 e. The maximum atomic E-state index is 11.7. The number of hydrogen-bond donors (Lipinski definition) is 1. The first-order valence-electron chi connectivity index (χ1n) is 5.87. The van der Waals surface area contributed by atoms with Crippen LogP contribution in [0.2, 0.25) is 0 Å². The van der Waals surface area contributed by atoms with Crippen LogP contribution in [0, 0.1) is 17.8 Å². The van der Waals surface area contributed by atoms with Gasteiger partial charge >= 0.3 is 5.97 Å². The van der Waals surface area contributed by atoms with Crippen LogP contribution in [0.3, 0.4) is 0 Å². The lowest BCUT2D eigenvalue weighted by Gasteiger charge is -2.38. The molecule has 3 heteroatoms. The van der Waals surface area contributed by atoms with E-state index in [0.29, 0.717) is 11.8 Å². The molecule has 0 aromatic rings. The van der Waals surface area contributed by atoms with Gasteiger partial charge in [0.2, 0.25) is 0 Å². The number of esters is 1. The van der Waals surface area contributed by atoms with Crippen molar-refractivity contribution in [2.75, 3.05) is 14.2 Å². The maximum absolute atomic E-state index is 11.7. The van der Waals surface area contributed by atoms with E-state index in [0.717, 1.165) is 0 Å². The van der Waals surface area contributed by atoms with E-state index in [1.54, 1.807) is 0 Å². The molecule has 0 aromatic heterocycles. The number of ether oxygens (including phenoxy) is 1. The minimum atomic E-state index is -0.0729. The van der Waals surface area contributed by atoms with Crippen molar-refractivity contribution in [3.05, 3.63) is 0 Å². The summed E-state index contributed by atoms with van der Waals surface area (Å²) >= 11 is 0. The molecule has 0 aromatic carbocycles. The number of carbonyl (C=O) groups excluding carboxylic acids is 1. The number of methoxy groups -OCH3 is 1. The number of nitrogens with one attached hydrogen (secondary N) is 1. The number of carbonyl (C=O) groups is 1. The molecule has 0 spiro atoms. The lowest BCUT2D eigenvalue weighted by atomic mass is 9.72. The second-order valence-electron chi connectivity index (χ2n) is 4.80. The molecule has 0 radical (unpaired) electrons. The van der Waals surface area contributed by atoms with Crippen molar-refractivity contribution < 1.29 is 9.53 Å². The molecular weight excluding hydrogens is 190 g/mol. The summed E-state index contributed by atoms with van der Waals surface area (Å²) < 4.78 is 4.90. The molecule has 2 atom stereocenters. The first-order chi connectivity index (χ1) is 7.11. The van der Waals surface area contributed by atoms with E-state index in [2.05, 4.69) is 19.2 Å². The first kappa shape index (κ1) is 12.5. The maximum Gasteiger partial charge on any atom is 0.310 e.